The van der Waals surface area contributed by atoms with Crippen LogP contribution in [0.2, 0.25) is 0 Å². The third-order valence-corrected chi connectivity index (χ3v) is 2.42. The molecule has 0 spiro atoms. The van der Waals surface area contributed by atoms with Crippen LogP contribution in [0, 0.1) is 3.57 Å². The van der Waals surface area contributed by atoms with E-state index in [1.807, 2.05) is 18.2 Å². The lowest BCUT2D eigenvalue weighted by molar-refractivity contribution is -0.136. The van der Waals surface area contributed by atoms with Gasteiger partial charge in [-0.25, -0.2) is 0 Å². The molecule has 0 saturated carbocycles. The van der Waals surface area contributed by atoms with E-state index in [9.17, 15) is 4.79 Å². The van der Waals surface area contributed by atoms with Gasteiger partial charge >= 0.3 is 5.97 Å². The zero-order valence-corrected chi connectivity index (χ0v) is 9.95. The van der Waals surface area contributed by atoms with Gasteiger partial charge in [0, 0.05) is 9.99 Å². The molecule has 1 aromatic rings. The van der Waals surface area contributed by atoms with Crippen molar-refractivity contribution in [1.82, 2.24) is 0 Å². The van der Waals surface area contributed by atoms with Crippen molar-refractivity contribution in [2.75, 3.05) is 7.11 Å². The minimum atomic E-state index is -0.775. The van der Waals surface area contributed by atoms with E-state index in [0.717, 1.165) is 14.9 Å². The smallest absolute Gasteiger partial charge is 0.303 e. The molecular formula is C10H11IO3. The molecule has 76 valence electrons. The van der Waals surface area contributed by atoms with Gasteiger partial charge in [0.15, 0.2) is 0 Å². The summed E-state index contributed by atoms with van der Waals surface area (Å²) in [6, 6.07) is 5.74. The highest BCUT2D eigenvalue weighted by Gasteiger charge is 2.02. The molecule has 0 saturated heterocycles. The fourth-order valence-corrected chi connectivity index (χ4v) is 1.84. The maximum Gasteiger partial charge on any atom is 0.303 e. The molecule has 1 aromatic carbocycles. The summed E-state index contributed by atoms with van der Waals surface area (Å²) in [5, 5.41) is 8.54. The van der Waals surface area contributed by atoms with Gasteiger partial charge in [0.05, 0.1) is 7.11 Å². The Bertz CT molecular complexity index is 336. The molecule has 0 aromatic heterocycles. The molecule has 3 nitrogen and oxygen atoms in total. The Labute approximate surface area is 96.2 Å². The molecule has 0 atom stereocenters. The molecule has 0 amide bonds. The number of carbonyl (C=O) groups is 1. The Hall–Kier alpha value is -0.780. The van der Waals surface area contributed by atoms with E-state index in [4.69, 9.17) is 9.84 Å². The minimum Gasteiger partial charge on any atom is -0.497 e. The largest absolute Gasteiger partial charge is 0.497 e. The lowest BCUT2D eigenvalue weighted by Gasteiger charge is -2.04. The van der Waals surface area contributed by atoms with Crippen LogP contribution in [0.15, 0.2) is 18.2 Å². The molecule has 0 fully saturated rings. The van der Waals surface area contributed by atoms with Crippen molar-refractivity contribution in [3.8, 4) is 5.75 Å². The van der Waals surface area contributed by atoms with Gasteiger partial charge in [-0.15, -0.1) is 0 Å². The number of methoxy groups -OCH3 is 1. The van der Waals surface area contributed by atoms with Crippen LogP contribution in [0.4, 0.5) is 0 Å². The molecule has 0 aliphatic rings. The minimum absolute atomic E-state index is 0.156. The summed E-state index contributed by atoms with van der Waals surface area (Å²) in [6.45, 7) is 0. The first-order valence-electron chi connectivity index (χ1n) is 4.17. The number of aryl methyl sites for hydroxylation is 1. The first-order chi connectivity index (χ1) is 6.61. The molecular weight excluding hydrogens is 295 g/mol. The predicted molar refractivity (Wildman–Crippen MR) is 61.7 cm³/mol. The molecule has 0 heterocycles. The fourth-order valence-electron chi connectivity index (χ4n) is 1.13. The maximum absolute atomic E-state index is 10.4. The van der Waals surface area contributed by atoms with Crippen molar-refractivity contribution in [2.24, 2.45) is 0 Å². The molecule has 0 bridgehead atoms. The number of carboxylic acid groups (broad SMARTS) is 1. The summed E-state index contributed by atoms with van der Waals surface area (Å²) in [5.41, 5.74) is 0.996. The quantitative estimate of drug-likeness (QED) is 0.868. The normalized spacial score (nSPS) is 9.86. The van der Waals surface area contributed by atoms with Crippen LogP contribution in [0.3, 0.4) is 0 Å². The number of hydrogen-bond donors (Lipinski definition) is 1. The number of halogens is 1. The van der Waals surface area contributed by atoms with Gasteiger partial charge in [-0.2, -0.15) is 0 Å². The van der Waals surface area contributed by atoms with Crippen LogP contribution in [0.5, 0.6) is 5.75 Å². The first kappa shape index (κ1) is 11.3. The Balaban J connectivity index is 2.76. The standard InChI is InChI=1S/C10H11IO3/c1-14-9-5-7(2-3-10(12)13)4-8(11)6-9/h4-6H,2-3H2,1H3,(H,12,13). The van der Waals surface area contributed by atoms with Crippen molar-refractivity contribution < 1.29 is 14.6 Å². The summed E-state index contributed by atoms with van der Waals surface area (Å²) >= 11 is 2.18. The molecule has 0 unspecified atom stereocenters. The van der Waals surface area contributed by atoms with Crippen molar-refractivity contribution >= 4 is 28.6 Å². The van der Waals surface area contributed by atoms with Crippen LogP contribution >= 0.6 is 22.6 Å². The summed E-state index contributed by atoms with van der Waals surface area (Å²) in [6.07, 6.45) is 0.700. The van der Waals surface area contributed by atoms with E-state index in [1.165, 1.54) is 0 Å². The second kappa shape index (κ2) is 5.19. The van der Waals surface area contributed by atoms with Gasteiger partial charge in [-0.05, 0) is 52.8 Å². The number of carboxylic acids is 1. The molecule has 4 heteroatoms. The van der Waals surface area contributed by atoms with E-state index < -0.39 is 5.97 Å². The van der Waals surface area contributed by atoms with Crippen LogP contribution in [0.25, 0.3) is 0 Å². The highest BCUT2D eigenvalue weighted by molar-refractivity contribution is 14.1. The van der Waals surface area contributed by atoms with Crippen molar-refractivity contribution in [3.05, 3.63) is 27.3 Å². The molecule has 1 N–H and O–H groups in total. The van der Waals surface area contributed by atoms with Gasteiger partial charge in [-0.1, -0.05) is 0 Å². The first-order valence-corrected chi connectivity index (χ1v) is 5.25. The molecule has 14 heavy (non-hydrogen) atoms. The number of aliphatic carboxylic acids is 1. The Morgan fingerprint density at radius 3 is 2.79 bits per heavy atom. The zero-order valence-electron chi connectivity index (χ0n) is 7.79. The van der Waals surface area contributed by atoms with Gasteiger partial charge in [0.2, 0.25) is 0 Å². The molecule has 0 radical (unpaired) electrons. The fraction of sp³-hybridized carbons (Fsp3) is 0.300. The summed E-state index contributed by atoms with van der Waals surface area (Å²) < 4.78 is 6.15. The van der Waals surface area contributed by atoms with Crippen LogP contribution in [0.1, 0.15) is 12.0 Å². The average Bonchev–Trinajstić information content (AvgIpc) is 2.14. The number of benzene rings is 1. The highest BCUT2D eigenvalue weighted by Crippen LogP contribution is 2.19. The van der Waals surface area contributed by atoms with Crippen molar-refractivity contribution in [1.29, 1.82) is 0 Å². The van der Waals surface area contributed by atoms with Crippen LogP contribution in [-0.2, 0) is 11.2 Å². The highest BCUT2D eigenvalue weighted by atomic mass is 127. The Morgan fingerprint density at radius 2 is 2.21 bits per heavy atom. The SMILES string of the molecule is COc1cc(I)cc(CCC(=O)O)c1. The number of hydrogen-bond acceptors (Lipinski definition) is 2. The lowest BCUT2D eigenvalue weighted by atomic mass is 10.1. The maximum atomic E-state index is 10.4. The second-order valence-electron chi connectivity index (χ2n) is 2.89. The van der Waals surface area contributed by atoms with Crippen molar-refractivity contribution in [3.63, 3.8) is 0 Å². The topological polar surface area (TPSA) is 46.5 Å². The molecule has 1 rings (SSSR count). The molecule has 0 aliphatic carbocycles. The summed E-state index contributed by atoms with van der Waals surface area (Å²) in [7, 11) is 1.60. The van der Waals surface area contributed by atoms with Crippen LogP contribution in [-0.4, -0.2) is 18.2 Å². The number of rotatable bonds is 4. The Kier molecular flexibility index (Phi) is 4.19. The lowest BCUT2D eigenvalue weighted by Crippen LogP contribution is -1.98. The zero-order chi connectivity index (χ0) is 10.6. The van der Waals surface area contributed by atoms with Gasteiger partial charge in [0.1, 0.15) is 5.75 Å². The summed E-state index contributed by atoms with van der Waals surface area (Å²) in [5.74, 6) is 0.000108. The average molecular weight is 306 g/mol. The monoisotopic (exact) mass is 306 g/mol. The van der Waals surface area contributed by atoms with E-state index >= 15 is 0 Å². The van der Waals surface area contributed by atoms with Gasteiger partial charge in [0.25, 0.3) is 0 Å². The Morgan fingerprint density at radius 1 is 1.50 bits per heavy atom. The number of ether oxygens (including phenoxy) is 1. The van der Waals surface area contributed by atoms with Crippen molar-refractivity contribution in [2.45, 2.75) is 12.8 Å². The van der Waals surface area contributed by atoms with E-state index in [2.05, 4.69) is 22.6 Å². The van der Waals surface area contributed by atoms with Gasteiger partial charge < -0.3 is 9.84 Å². The third kappa shape index (κ3) is 3.53. The molecule has 0 aliphatic heterocycles. The second-order valence-corrected chi connectivity index (χ2v) is 4.14. The third-order valence-electron chi connectivity index (χ3n) is 1.79. The predicted octanol–water partition coefficient (Wildman–Crippen LogP) is 2.32. The summed E-state index contributed by atoms with van der Waals surface area (Å²) in [4.78, 5) is 10.4. The van der Waals surface area contributed by atoms with E-state index in [-0.39, 0.29) is 6.42 Å². The van der Waals surface area contributed by atoms with E-state index in [0.29, 0.717) is 6.42 Å². The van der Waals surface area contributed by atoms with Gasteiger partial charge in [-0.3, -0.25) is 4.79 Å². The van der Waals surface area contributed by atoms with Crippen LogP contribution < -0.4 is 4.74 Å². The van der Waals surface area contributed by atoms with E-state index in [1.54, 1.807) is 7.11 Å².